The third-order valence-electron chi connectivity index (χ3n) is 2.00. The Balaban J connectivity index is 2.75. The van der Waals surface area contributed by atoms with Crippen molar-refractivity contribution in [3.63, 3.8) is 0 Å². The molecule has 1 heterocycles. The summed E-state index contributed by atoms with van der Waals surface area (Å²) in [4.78, 5) is 3.06. The molecule has 0 spiro atoms. The standard InChI is InChI=1S/C10H9FN/c1-2-7-6-12-10-4-3-8(11)5-9(7)10/h3-6,12H,1-2H2. The molecular formula is C10H9FN. The fourth-order valence-electron chi connectivity index (χ4n) is 1.36. The van der Waals surface area contributed by atoms with Gasteiger partial charge in [0.1, 0.15) is 5.82 Å². The first-order valence-electron chi connectivity index (χ1n) is 3.86. The van der Waals surface area contributed by atoms with Crippen LogP contribution >= 0.6 is 0 Å². The predicted molar refractivity (Wildman–Crippen MR) is 47.3 cm³/mol. The maximum Gasteiger partial charge on any atom is 0.123 e. The van der Waals surface area contributed by atoms with Crippen molar-refractivity contribution in [2.45, 2.75) is 6.42 Å². The third-order valence-corrected chi connectivity index (χ3v) is 2.00. The van der Waals surface area contributed by atoms with Crippen LogP contribution in [-0.4, -0.2) is 4.98 Å². The maximum atomic E-state index is 12.8. The minimum Gasteiger partial charge on any atom is -0.361 e. The Bertz CT molecular complexity index is 403. The topological polar surface area (TPSA) is 15.8 Å². The van der Waals surface area contributed by atoms with Gasteiger partial charge in [0.05, 0.1) is 0 Å². The summed E-state index contributed by atoms with van der Waals surface area (Å²) in [5.41, 5.74) is 2.03. The minimum atomic E-state index is -0.197. The summed E-state index contributed by atoms with van der Waals surface area (Å²) >= 11 is 0. The second-order valence-corrected chi connectivity index (χ2v) is 2.75. The molecule has 0 aliphatic rings. The van der Waals surface area contributed by atoms with E-state index < -0.39 is 0 Å². The number of aromatic nitrogens is 1. The van der Waals surface area contributed by atoms with Gasteiger partial charge in [0.15, 0.2) is 0 Å². The summed E-state index contributed by atoms with van der Waals surface area (Å²) in [5, 5.41) is 0.935. The molecule has 1 nitrogen and oxygen atoms in total. The van der Waals surface area contributed by atoms with Crippen molar-refractivity contribution < 1.29 is 4.39 Å². The zero-order valence-corrected chi connectivity index (χ0v) is 6.60. The Morgan fingerprint density at radius 1 is 1.42 bits per heavy atom. The lowest BCUT2D eigenvalue weighted by Crippen LogP contribution is -1.77. The van der Waals surface area contributed by atoms with E-state index in [4.69, 9.17) is 0 Å². The van der Waals surface area contributed by atoms with Gasteiger partial charge in [-0.15, -0.1) is 0 Å². The van der Waals surface area contributed by atoms with Crippen LogP contribution in [-0.2, 0) is 6.42 Å². The van der Waals surface area contributed by atoms with Gasteiger partial charge in [0.25, 0.3) is 0 Å². The molecule has 0 amide bonds. The van der Waals surface area contributed by atoms with E-state index >= 15 is 0 Å². The van der Waals surface area contributed by atoms with E-state index in [-0.39, 0.29) is 5.82 Å². The van der Waals surface area contributed by atoms with Crippen LogP contribution in [0, 0.1) is 12.7 Å². The average molecular weight is 162 g/mol. The second-order valence-electron chi connectivity index (χ2n) is 2.75. The van der Waals surface area contributed by atoms with E-state index in [1.54, 1.807) is 6.07 Å². The van der Waals surface area contributed by atoms with Gasteiger partial charge in [-0.3, -0.25) is 0 Å². The summed E-state index contributed by atoms with van der Waals surface area (Å²) in [6.45, 7) is 3.77. The fourth-order valence-corrected chi connectivity index (χ4v) is 1.36. The number of aromatic amines is 1. The van der Waals surface area contributed by atoms with E-state index in [1.807, 2.05) is 6.20 Å². The first-order chi connectivity index (χ1) is 5.81. The zero-order chi connectivity index (χ0) is 8.55. The van der Waals surface area contributed by atoms with Crippen LogP contribution in [0.4, 0.5) is 4.39 Å². The lowest BCUT2D eigenvalue weighted by Gasteiger charge is -1.92. The SMILES string of the molecule is [CH2]Cc1c[nH]c2ccc(F)cc12. The molecule has 1 N–H and O–H groups in total. The van der Waals surface area contributed by atoms with Crippen LogP contribution in [0.25, 0.3) is 10.9 Å². The molecule has 0 aliphatic carbocycles. The predicted octanol–water partition coefficient (Wildman–Crippen LogP) is 2.68. The van der Waals surface area contributed by atoms with E-state index in [2.05, 4.69) is 11.9 Å². The Labute approximate surface area is 70.2 Å². The Morgan fingerprint density at radius 2 is 2.25 bits per heavy atom. The van der Waals surface area contributed by atoms with E-state index in [0.717, 1.165) is 16.5 Å². The summed E-state index contributed by atoms with van der Waals surface area (Å²) in [5.74, 6) is -0.197. The number of halogens is 1. The third kappa shape index (κ3) is 0.998. The number of fused-ring (bicyclic) bond motifs is 1. The molecule has 2 rings (SSSR count). The molecule has 0 fully saturated rings. The van der Waals surface area contributed by atoms with Gasteiger partial charge in [-0.2, -0.15) is 0 Å². The number of benzene rings is 1. The number of rotatable bonds is 1. The van der Waals surface area contributed by atoms with Gasteiger partial charge in [-0.05, 0) is 37.1 Å². The molecule has 0 aliphatic heterocycles. The van der Waals surface area contributed by atoms with Gasteiger partial charge in [0, 0.05) is 17.1 Å². The molecule has 12 heavy (non-hydrogen) atoms. The van der Waals surface area contributed by atoms with Crippen molar-refractivity contribution in [1.82, 2.24) is 4.98 Å². The Hall–Kier alpha value is -1.31. The van der Waals surface area contributed by atoms with Crippen molar-refractivity contribution >= 4 is 10.9 Å². The molecule has 2 aromatic rings. The molecule has 1 aromatic carbocycles. The van der Waals surface area contributed by atoms with Crippen LogP contribution in [0.5, 0.6) is 0 Å². The monoisotopic (exact) mass is 162 g/mol. The molecule has 0 atom stereocenters. The number of hydrogen-bond donors (Lipinski definition) is 1. The number of nitrogens with one attached hydrogen (secondary N) is 1. The van der Waals surface area contributed by atoms with Gasteiger partial charge < -0.3 is 4.98 Å². The normalized spacial score (nSPS) is 10.8. The average Bonchev–Trinajstić information content (AvgIpc) is 2.46. The highest BCUT2D eigenvalue weighted by Crippen LogP contribution is 2.19. The maximum absolute atomic E-state index is 12.8. The van der Waals surface area contributed by atoms with Gasteiger partial charge in [-0.1, -0.05) is 0 Å². The van der Waals surface area contributed by atoms with E-state index in [1.165, 1.54) is 12.1 Å². The van der Waals surface area contributed by atoms with Crippen molar-refractivity contribution in [1.29, 1.82) is 0 Å². The highest BCUT2D eigenvalue weighted by atomic mass is 19.1. The molecule has 0 saturated carbocycles. The molecule has 2 heteroatoms. The molecule has 61 valence electrons. The molecular weight excluding hydrogens is 153 g/mol. The molecule has 0 saturated heterocycles. The largest absolute Gasteiger partial charge is 0.361 e. The summed E-state index contributed by atoms with van der Waals surface area (Å²) in [6, 6.07) is 4.72. The van der Waals surface area contributed by atoms with Crippen LogP contribution < -0.4 is 0 Å². The van der Waals surface area contributed by atoms with E-state index in [9.17, 15) is 4.39 Å². The highest BCUT2D eigenvalue weighted by Gasteiger charge is 2.01. The van der Waals surface area contributed by atoms with Crippen LogP contribution in [0.1, 0.15) is 5.56 Å². The number of hydrogen-bond acceptors (Lipinski definition) is 0. The van der Waals surface area contributed by atoms with Gasteiger partial charge in [-0.25, -0.2) is 4.39 Å². The smallest absolute Gasteiger partial charge is 0.123 e. The zero-order valence-electron chi connectivity index (χ0n) is 6.60. The highest BCUT2D eigenvalue weighted by molar-refractivity contribution is 5.83. The van der Waals surface area contributed by atoms with Crippen molar-refractivity contribution in [2.75, 3.05) is 0 Å². The van der Waals surface area contributed by atoms with E-state index in [0.29, 0.717) is 6.42 Å². The first-order valence-corrected chi connectivity index (χ1v) is 3.86. The molecule has 0 unspecified atom stereocenters. The summed E-state index contributed by atoms with van der Waals surface area (Å²) in [7, 11) is 0. The lowest BCUT2D eigenvalue weighted by atomic mass is 10.1. The quantitative estimate of drug-likeness (QED) is 0.663. The van der Waals surface area contributed by atoms with Crippen molar-refractivity contribution in [3.05, 3.63) is 42.7 Å². The van der Waals surface area contributed by atoms with Crippen LogP contribution in [0.3, 0.4) is 0 Å². The summed E-state index contributed by atoms with van der Waals surface area (Å²) < 4.78 is 12.8. The molecule has 0 bridgehead atoms. The fraction of sp³-hybridized carbons (Fsp3) is 0.100. The van der Waals surface area contributed by atoms with Gasteiger partial charge >= 0.3 is 0 Å². The number of H-pyrrole nitrogens is 1. The minimum absolute atomic E-state index is 0.197. The lowest BCUT2D eigenvalue weighted by molar-refractivity contribution is 0.629. The Kier molecular flexibility index (Phi) is 1.61. The summed E-state index contributed by atoms with van der Waals surface area (Å²) in [6.07, 6.45) is 2.56. The van der Waals surface area contributed by atoms with Crippen LogP contribution in [0.15, 0.2) is 24.4 Å². The van der Waals surface area contributed by atoms with Crippen LogP contribution in [0.2, 0.25) is 0 Å². The molecule has 1 aromatic heterocycles. The first kappa shape index (κ1) is 7.35. The van der Waals surface area contributed by atoms with Gasteiger partial charge in [0.2, 0.25) is 0 Å². The Morgan fingerprint density at radius 3 is 3.00 bits per heavy atom. The molecule has 1 radical (unpaired) electrons. The second kappa shape index (κ2) is 2.63. The van der Waals surface area contributed by atoms with Crippen molar-refractivity contribution in [3.8, 4) is 0 Å². The van der Waals surface area contributed by atoms with Crippen molar-refractivity contribution in [2.24, 2.45) is 0 Å².